The average Bonchev–Trinajstić information content (AvgIpc) is 2.66. The molecule has 0 aromatic carbocycles. The van der Waals surface area contributed by atoms with Gasteiger partial charge in [0, 0.05) is 11.5 Å². The van der Waals surface area contributed by atoms with Gasteiger partial charge < -0.3 is 9.84 Å². The van der Waals surface area contributed by atoms with Crippen LogP contribution in [0.1, 0.15) is 33.1 Å². The Balaban J connectivity index is 2.29. The molecule has 1 N–H and O–H groups in total. The van der Waals surface area contributed by atoms with Crippen LogP contribution in [0.2, 0.25) is 0 Å². The van der Waals surface area contributed by atoms with Crippen LogP contribution in [-0.2, 0) is 9.53 Å². The summed E-state index contributed by atoms with van der Waals surface area (Å²) in [4.78, 5) is 11.7. The molecule has 2 rings (SSSR count). The van der Waals surface area contributed by atoms with Crippen molar-refractivity contribution in [3.63, 3.8) is 0 Å². The Morgan fingerprint density at radius 3 is 2.94 bits per heavy atom. The molecule has 0 spiro atoms. The SMILES string of the molecule is C=C(C)[C@H]1C/C=C(/C)[C@@H](O)CCC2=C[C@@H]1OC2=O. The summed E-state index contributed by atoms with van der Waals surface area (Å²) in [6.07, 6.45) is 5.18. The van der Waals surface area contributed by atoms with E-state index in [1.807, 2.05) is 26.0 Å². The minimum absolute atomic E-state index is 0.103. The number of aliphatic hydroxyl groups excluding tert-OH is 1. The lowest BCUT2D eigenvalue weighted by Gasteiger charge is -2.21. The standard InChI is InChI=1S/C15H20O3/c1-9(2)12-6-4-10(3)13(16)7-5-11-8-14(12)18-15(11)17/h4,8,12-14,16H,1,5-7H2,2-3H3/b10-4-/t12-,13+,14+/m1/s1. The second-order valence-corrected chi connectivity index (χ2v) is 5.25. The molecule has 1 aliphatic heterocycles. The van der Waals surface area contributed by atoms with Crippen LogP contribution in [-0.4, -0.2) is 23.3 Å². The molecule has 2 aliphatic rings. The van der Waals surface area contributed by atoms with Gasteiger partial charge in [-0.15, -0.1) is 0 Å². The van der Waals surface area contributed by atoms with Crippen LogP contribution < -0.4 is 0 Å². The Morgan fingerprint density at radius 1 is 1.56 bits per heavy atom. The molecule has 0 unspecified atom stereocenters. The molecule has 2 bridgehead atoms. The van der Waals surface area contributed by atoms with Gasteiger partial charge in [-0.2, -0.15) is 0 Å². The lowest BCUT2D eigenvalue weighted by atomic mass is 9.88. The van der Waals surface area contributed by atoms with Gasteiger partial charge in [0.15, 0.2) is 0 Å². The van der Waals surface area contributed by atoms with Crippen molar-refractivity contribution in [2.75, 3.05) is 0 Å². The highest BCUT2D eigenvalue weighted by Gasteiger charge is 2.32. The molecule has 1 aliphatic carbocycles. The first-order valence-electron chi connectivity index (χ1n) is 6.41. The van der Waals surface area contributed by atoms with Gasteiger partial charge in [0.05, 0.1) is 6.10 Å². The Labute approximate surface area is 108 Å². The maximum absolute atomic E-state index is 11.7. The molecule has 3 nitrogen and oxygen atoms in total. The van der Waals surface area contributed by atoms with Gasteiger partial charge in [-0.1, -0.05) is 18.2 Å². The monoisotopic (exact) mass is 248 g/mol. The molecule has 3 heteroatoms. The molecule has 0 radical (unpaired) electrons. The first-order chi connectivity index (χ1) is 8.49. The minimum atomic E-state index is -0.471. The predicted octanol–water partition coefficient (Wildman–Crippen LogP) is 2.52. The van der Waals surface area contributed by atoms with Crippen LogP contribution in [0.3, 0.4) is 0 Å². The number of carbonyl (C=O) groups is 1. The van der Waals surface area contributed by atoms with Crippen LogP contribution in [0.15, 0.2) is 35.5 Å². The van der Waals surface area contributed by atoms with Crippen LogP contribution in [0.4, 0.5) is 0 Å². The molecule has 18 heavy (non-hydrogen) atoms. The zero-order valence-corrected chi connectivity index (χ0v) is 11.0. The van der Waals surface area contributed by atoms with Crippen LogP contribution >= 0.6 is 0 Å². The van der Waals surface area contributed by atoms with Crippen molar-refractivity contribution in [1.82, 2.24) is 0 Å². The van der Waals surface area contributed by atoms with Crippen molar-refractivity contribution in [3.05, 3.63) is 35.5 Å². The van der Waals surface area contributed by atoms with E-state index < -0.39 is 6.10 Å². The van der Waals surface area contributed by atoms with Crippen LogP contribution in [0.5, 0.6) is 0 Å². The highest BCUT2D eigenvalue weighted by molar-refractivity contribution is 5.91. The van der Waals surface area contributed by atoms with Gasteiger partial charge >= 0.3 is 5.97 Å². The first-order valence-corrected chi connectivity index (χ1v) is 6.41. The molecular formula is C15H20O3. The van der Waals surface area contributed by atoms with E-state index in [0.29, 0.717) is 18.4 Å². The Bertz CT molecular complexity index is 431. The van der Waals surface area contributed by atoms with Crippen LogP contribution in [0, 0.1) is 5.92 Å². The largest absolute Gasteiger partial charge is 0.454 e. The molecule has 1 heterocycles. The lowest BCUT2D eigenvalue weighted by molar-refractivity contribution is -0.141. The molecule has 98 valence electrons. The summed E-state index contributed by atoms with van der Waals surface area (Å²) in [6, 6.07) is 0. The number of hydrogen-bond donors (Lipinski definition) is 1. The van der Waals surface area contributed by atoms with E-state index in [4.69, 9.17) is 4.74 Å². The minimum Gasteiger partial charge on any atom is -0.454 e. The fourth-order valence-electron chi connectivity index (χ4n) is 2.47. The topological polar surface area (TPSA) is 46.5 Å². The molecule has 0 aromatic heterocycles. The molecule has 0 fully saturated rings. The molecule has 3 atom stereocenters. The van der Waals surface area contributed by atoms with E-state index in [1.54, 1.807) is 0 Å². The fraction of sp³-hybridized carbons (Fsp3) is 0.533. The summed E-state index contributed by atoms with van der Waals surface area (Å²) >= 11 is 0. The quantitative estimate of drug-likeness (QED) is 0.573. The van der Waals surface area contributed by atoms with Crippen molar-refractivity contribution >= 4 is 5.97 Å². The smallest absolute Gasteiger partial charge is 0.334 e. The first kappa shape index (κ1) is 13.1. The van der Waals surface area contributed by atoms with Crippen molar-refractivity contribution in [2.45, 2.75) is 45.3 Å². The maximum Gasteiger partial charge on any atom is 0.334 e. The van der Waals surface area contributed by atoms with E-state index in [-0.39, 0.29) is 18.0 Å². The third-order valence-corrected chi connectivity index (χ3v) is 3.81. The van der Waals surface area contributed by atoms with E-state index in [1.165, 1.54) is 0 Å². The summed E-state index contributed by atoms with van der Waals surface area (Å²) in [5.41, 5.74) is 2.67. The second kappa shape index (κ2) is 5.11. The Kier molecular flexibility index (Phi) is 3.71. The fourth-order valence-corrected chi connectivity index (χ4v) is 2.47. The number of carbonyl (C=O) groups excluding carboxylic acids is 1. The Hall–Kier alpha value is -1.35. The van der Waals surface area contributed by atoms with Gasteiger partial charge in [-0.05, 0) is 44.8 Å². The third kappa shape index (κ3) is 2.56. The molecule has 0 saturated heterocycles. The van der Waals surface area contributed by atoms with Crippen molar-refractivity contribution in [1.29, 1.82) is 0 Å². The Morgan fingerprint density at radius 2 is 2.28 bits per heavy atom. The maximum atomic E-state index is 11.7. The zero-order valence-electron chi connectivity index (χ0n) is 11.0. The summed E-state index contributed by atoms with van der Waals surface area (Å²) < 4.78 is 5.40. The molecule has 0 amide bonds. The molecule has 0 saturated carbocycles. The van der Waals surface area contributed by atoms with Gasteiger partial charge in [0.1, 0.15) is 6.10 Å². The number of esters is 1. The van der Waals surface area contributed by atoms with Crippen molar-refractivity contribution in [3.8, 4) is 0 Å². The summed E-state index contributed by atoms with van der Waals surface area (Å²) in [7, 11) is 0. The lowest BCUT2D eigenvalue weighted by Crippen LogP contribution is -2.21. The van der Waals surface area contributed by atoms with E-state index in [0.717, 1.165) is 17.6 Å². The third-order valence-electron chi connectivity index (χ3n) is 3.81. The van der Waals surface area contributed by atoms with E-state index in [2.05, 4.69) is 6.58 Å². The van der Waals surface area contributed by atoms with Crippen molar-refractivity contribution < 1.29 is 14.6 Å². The number of fused-ring (bicyclic) bond motifs is 1. The second-order valence-electron chi connectivity index (χ2n) is 5.25. The highest BCUT2D eigenvalue weighted by atomic mass is 16.5. The predicted molar refractivity (Wildman–Crippen MR) is 69.9 cm³/mol. The van der Waals surface area contributed by atoms with Gasteiger partial charge in [-0.25, -0.2) is 4.79 Å². The normalized spacial score (nSPS) is 35.3. The number of rotatable bonds is 1. The summed E-state index contributed by atoms with van der Waals surface area (Å²) in [5.74, 6) is -0.135. The molecular weight excluding hydrogens is 228 g/mol. The number of ether oxygens (including phenoxy) is 1. The summed E-state index contributed by atoms with van der Waals surface area (Å²) in [6.45, 7) is 7.86. The number of allylic oxidation sites excluding steroid dienone is 1. The van der Waals surface area contributed by atoms with E-state index in [9.17, 15) is 9.90 Å². The highest BCUT2D eigenvalue weighted by Crippen LogP contribution is 2.31. The molecule has 0 aromatic rings. The number of hydrogen-bond acceptors (Lipinski definition) is 3. The van der Waals surface area contributed by atoms with Gasteiger partial charge in [0.25, 0.3) is 0 Å². The van der Waals surface area contributed by atoms with Crippen LogP contribution in [0.25, 0.3) is 0 Å². The van der Waals surface area contributed by atoms with Gasteiger partial charge in [-0.3, -0.25) is 0 Å². The average molecular weight is 248 g/mol. The van der Waals surface area contributed by atoms with E-state index >= 15 is 0 Å². The number of aliphatic hydroxyl groups is 1. The van der Waals surface area contributed by atoms with Gasteiger partial charge in [0.2, 0.25) is 0 Å². The van der Waals surface area contributed by atoms with Crippen molar-refractivity contribution in [2.24, 2.45) is 5.92 Å². The summed E-state index contributed by atoms with van der Waals surface area (Å²) in [5, 5.41) is 9.97. The zero-order chi connectivity index (χ0) is 13.3.